The Labute approximate surface area is 118 Å². The van der Waals surface area contributed by atoms with Crippen LogP contribution in [0.3, 0.4) is 0 Å². The number of alkyl halides is 3. The standard InChI is InChI=1S/C14H13F3N2O2/c1-9-6-10(3-5-13(9)14(15,16)17)2-4-11-7-12(20)8-18-19(11)21/h3,5-8,21H,2,4H2,1H3. The van der Waals surface area contributed by atoms with Crippen LogP contribution in [-0.2, 0) is 19.0 Å². The zero-order chi connectivity index (χ0) is 15.6. The molecule has 2 aromatic rings. The molecule has 21 heavy (non-hydrogen) atoms. The first kappa shape index (κ1) is 15.1. The average molecular weight is 298 g/mol. The smallest absolute Gasteiger partial charge is 0.411 e. The van der Waals surface area contributed by atoms with Gasteiger partial charge in [-0.15, -0.1) is 9.94 Å². The molecule has 2 rings (SSSR count). The molecule has 1 aromatic heterocycles. The number of hydrogen-bond acceptors (Lipinski definition) is 3. The summed E-state index contributed by atoms with van der Waals surface area (Å²) in [5.41, 5.74) is 0.148. The van der Waals surface area contributed by atoms with Crippen molar-refractivity contribution in [1.82, 2.24) is 9.94 Å². The van der Waals surface area contributed by atoms with Gasteiger partial charge in [0.1, 0.15) is 0 Å². The van der Waals surface area contributed by atoms with Gasteiger partial charge in [-0.1, -0.05) is 12.1 Å². The Morgan fingerprint density at radius 2 is 1.95 bits per heavy atom. The Balaban J connectivity index is 2.16. The molecule has 1 heterocycles. The molecule has 0 aliphatic rings. The van der Waals surface area contributed by atoms with Gasteiger partial charge in [0.25, 0.3) is 0 Å². The molecule has 7 heteroatoms. The van der Waals surface area contributed by atoms with E-state index in [0.717, 1.165) is 12.3 Å². The molecular formula is C14H13F3N2O2. The minimum absolute atomic E-state index is 0.146. The van der Waals surface area contributed by atoms with E-state index in [9.17, 15) is 23.2 Å². The van der Waals surface area contributed by atoms with Gasteiger partial charge in [-0.05, 0) is 37.0 Å². The fraction of sp³-hybridized carbons (Fsp3) is 0.286. The van der Waals surface area contributed by atoms with Crippen LogP contribution in [0.25, 0.3) is 0 Å². The van der Waals surface area contributed by atoms with Crippen LogP contribution in [0.2, 0.25) is 0 Å². The van der Waals surface area contributed by atoms with Crippen LogP contribution in [0, 0.1) is 6.92 Å². The fourth-order valence-electron chi connectivity index (χ4n) is 2.09. The van der Waals surface area contributed by atoms with Crippen molar-refractivity contribution in [2.45, 2.75) is 25.9 Å². The monoisotopic (exact) mass is 298 g/mol. The molecule has 0 bridgehead atoms. The van der Waals surface area contributed by atoms with Crippen LogP contribution in [0.4, 0.5) is 13.2 Å². The van der Waals surface area contributed by atoms with Gasteiger partial charge in [-0.3, -0.25) is 4.79 Å². The maximum atomic E-state index is 12.6. The summed E-state index contributed by atoms with van der Waals surface area (Å²) in [6.07, 6.45) is -2.70. The lowest BCUT2D eigenvalue weighted by Gasteiger charge is -2.12. The van der Waals surface area contributed by atoms with Crippen LogP contribution >= 0.6 is 0 Å². The molecule has 0 saturated heterocycles. The summed E-state index contributed by atoms with van der Waals surface area (Å²) < 4.78 is 37.9. The maximum absolute atomic E-state index is 12.6. The molecule has 0 radical (unpaired) electrons. The van der Waals surface area contributed by atoms with Gasteiger partial charge >= 0.3 is 6.18 Å². The highest BCUT2D eigenvalue weighted by atomic mass is 19.4. The van der Waals surface area contributed by atoms with Crippen LogP contribution < -0.4 is 5.43 Å². The maximum Gasteiger partial charge on any atom is 0.416 e. The van der Waals surface area contributed by atoms with Crippen LogP contribution in [0.5, 0.6) is 0 Å². The van der Waals surface area contributed by atoms with Gasteiger partial charge < -0.3 is 5.21 Å². The number of benzene rings is 1. The van der Waals surface area contributed by atoms with Crippen molar-refractivity contribution in [3.8, 4) is 0 Å². The minimum Gasteiger partial charge on any atom is -0.411 e. The van der Waals surface area contributed by atoms with E-state index in [0.29, 0.717) is 28.9 Å². The zero-order valence-corrected chi connectivity index (χ0v) is 11.2. The summed E-state index contributed by atoms with van der Waals surface area (Å²) in [6.45, 7) is 1.40. The normalized spacial score (nSPS) is 11.6. The van der Waals surface area contributed by atoms with E-state index in [1.165, 1.54) is 25.1 Å². The van der Waals surface area contributed by atoms with Crippen molar-refractivity contribution in [3.05, 3.63) is 63.1 Å². The summed E-state index contributed by atoms with van der Waals surface area (Å²) >= 11 is 0. The zero-order valence-electron chi connectivity index (χ0n) is 11.2. The van der Waals surface area contributed by atoms with Gasteiger partial charge in [0.05, 0.1) is 17.5 Å². The van der Waals surface area contributed by atoms with E-state index < -0.39 is 11.7 Å². The van der Waals surface area contributed by atoms with E-state index in [2.05, 4.69) is 5.10 Å². The number of halogens is 3. The van der Waals surface area contributed by atoms with Crippen molar-refractivity contribution in [2.24, 2.45) is 0 Å². The Bertz CT molecular complexity index is 708. The third-order valence-corrected chi connectivity index (χ3v) is 3.13. The second-order valence-corrected chi connectivity index (χ2v) is 4.72. The quantitative estimate of drug-likeness (QED) is 0.886. The highest BCUT2D eigenvalue weighted by molar-refractivity contribution is 5.33. The summed E-state index contributed by atoms with van der Waals surface area (Å²) in [7, 11) is 0. The first-order valence-corrected chi connectivity index (χ1v) is 6.21. The molecule has 0 saturated carbocycles. The molecule has 0 fully saturated rings. The number of aryl methyl sites for hydroxylation is 3. The molecule has 1 aromatic carbocycles. The molecule has 0 atom stereocenters. The number of rotatable bonds is 3. The second kappa shape index (κ2) is 5.59. The molecule has 0 aliphatic heterocycles. The molecule has 4 nitrogen and oxygen atoms in total. The van der Waals surface area contributed by atoms with E-state index in [1.54, 1.807) is 0 Å². The Hall–Kier alpha value is -2.31. The van der Waals surface area contributed by atoms with E-state index >= 15 is 0 Å². The first-order chi connectivity index (χ1) is 9.77. The molecule has 1 N–H and O–H groups in total. The second-order valence-electron chi connectivity index (χ2n) is 4.72. The average Bonchev–Trinajstić information content (AvgIpc) is 2.38. The van der Waals surface area contributed by atoms with Crippen molar-refractivity contribution < 1.29 is 18.4 Å². The van der Waals surface area contributed by atoms with E-state index in [-0.39, 0.29) is 11.0 Å². The van der Waals surface area contributed by atoms with Gasteiger partial charge in [-0.25, -0.2) is 0 Å². The van der Waals surface area contributed by atoms with Crippen LogP contribution in [0.1, 0.15) is 22.4 Å². The SMILES string of the molecule is Cc1cc(CCc2cc(=O)cnn2O)ccc1C(F)(F)F. The highest BCUT2D eigenvalue weighted by Gasteiger charge is 2.32. The Kier molecular flexibility index (Phi) is 4.02. The molecule has 0 amide bonds. The molecular weight excluding hydrogens is 285 g/mol. The Morgan fingerprint density at radius 1 is 1.24 bits per heavy atom. The molecule has 0 unspecified atom stereocenters. The fourth-order valence-corrected chi connectivity index (χ4v) is 2.09. The summed E-state index contributed by atoms with van der Waals surface area (Å²) in [5, 5.41) is 12.9. The van der Waals surface area contributed by atoms with E-state index in [1.807, 2.05) is 0 Å². The predicted molar refractivity (Wildman–Crippen MR) is 69.3 cm³/mol. The number of aromatic nitrogens is 2. The highest BCUT2D eigenvalue weighted by Crippen LogP contribution is 2.32. The lowest BCUT2D eigenvalue weighted by atomic mass is 10.0. The van der Waals surface area contributed by atoms with Crippen molar-refractivity contribution in [2.75, 3.05) is 0 Å². The van der Waals surface area contributed by atoms with Crippen LogP contribution in [0.15, 0.2) is 35.3 Å². The van der Waals surface area contributed by atoms with Gasteiger partial charge in [0, 0.05) is 6.07 Å². The van der Waals surface area contributed by atoms with Crippen molar-refractivity contribution in [3.63, 3.8) is 0 Å². The van der Waals surface area contributed by atoms with Crippen LogP contribution in [-0.4, -0.2) is 15.2 Å². The van der Waals surface area contributed by atoms with Gasteiger partial charge in [0.2, 0.25) is 5.43 Å². The first-order valence-electron chi connectivity index (χ1n) is 6.21. The summed E-state index contributed by atoms with van der Waals surface area (Å²) in [6, 6.07) is 5.13. The predicted octanol–water partition coefficient (Wildman–Crippen LogP) is 2.59. The Morgan fingerprint density at radius 3 is 2.57 bits per heavy atom. The van der Waals surface area contributed by atoms with Gasteiger partial charge in [-0.2, -0.15) is 13.2 Å². The minimum atomic E-state index is -4.36. The molecule has 0 aliphatic carbocycles. The largest absolute Gasteiger partial charge is 0.416 e. The van der Waals surface area contributed by atoms with Crippen molar-refractivity contribution in [1.29, 1.82) is 0 Å². The molecule has 0 spiro atoms. The summed E-state index contributed by atoms with van der Waals surface area (Å²) in [4.78, 5) is 11.7. The number of nitrogens with zero attached hydrogens (tertiary/aromatic N) is 2. The summed E-state index contributed by atoms with van der Waals surface area (Å²) in [5.74, 6) is 0. The number of hydrogen-bond donors (Lipinski definition) is 1. The third kappa shape index (κ3) is 3.62. The lowest BCUT2D eigenvalue weighted by Crippen LogP contribution is -2.14. The van der Waals surface area contributed by atoms with Crippen molar-refractivity contribution >= 4 is 0 Å². The molecule has 112 valence electrons. The topological polar surface area (TPSA) is 55.1 Å². The van der Waals surface area contributed by atoms with Gasteiger partial charge in [0.15, 0.2) is 0 Å². The lowest BCUT2D eigenvalue weighted by molar-refractivity contribution is -0.138. The third-order valence-electron chi connectivity index (χ3n) is 3.13. The van der Waals surface area contributed by atoms with E-state index in [4.69, 9.17) is 0 Å².